The van der Waals surface area contributed by atoms with Gasteiger partial charge in [-0.15, -0.1) is 0 Å². The summed E-state index contributed by atoms with van der Waals surface area (Å²) in [6.45, 7) is 6.03. The number of nitrogens with zero attached hydrogens (tertiary/aromatic N) is 1. The molecule has 0 spiro atoms. The fourth-order valence-electron chi connectivity index (χ4n) is 2.82. The van der Waals surface area contributed by atoms with Crippen molar-refractivity contribution in [3.63, 3.8) is 0 Å². The van der Waals surface area contributed by atoms with Crippen LogP contribution in [0.5, 0.6) is 0 Å². The van der Waals surface area contributed by atoms with Crippen molar-refractivity contribution >= 4 is 21.6 Å². The third-order valence-electron chi connectivity index (χ3n) is 4.28. The minimum Gasteiger partial charge on any atom is -0.354 e. The topological polar surface area (TPSA) is 66.5 Å². The first-order valence-corrected chi connectivity index (χ1v) is 10.4. The molecule has 0 saturated carbocycles. The van der Waals surface area contributed by atoms with Crippen molar-refractivity contribution < 1.29 is 13.2 Å². The normalized spacial score (nSPS) is 12.5. The number of hydrogen-bond donors (Lipinski definition) is 1. The fourth-order valence-corrected chi connectivity index (χ4v) is 3.73. The van der Waals surface area contributed by atoms with Crippen LogP contribution >= 0.6 is 0 Å². The van der Waals surface area contributed by atoms with Crippen molar-refractivity contribution in [1.29, 1.82) is 0 Å². The molecule has 0 radical (unpaired) electrons. The maximum atomic E-state index is 12.4. The molecule has 140 valence electrons. The van der Waals surface area contributed by atoms with Gasteiger partial charge in [0.05, 0.1) is 11.9 Å². The van der Waals surface area contributed by atoms with Crippen LogP contribution in [0.2, 0.25) is 0 Å². The molecular formula is C20H26N2O3S. The van der Waals surface area contributed by atoms with Gasteiger partial charge in [-0.25, -0.2) is 8.42 Å². The second-order valence-corrected chi connectivity index (χ2v) is 8.58. The van der Waals surface area contributed by atoms with E-state index in [0.717, 1.165) is 27.3 Å². The Labute approximate surface area is 156 Å². The summed E-state index contributed by atoms with van der Waals surface area (Å²) >= 11 is 0. The first-order valence-electron chi connectivity index (χ1n) is 8.55. The third kappa shape index (κ3) is 5.33. The van der Waals surface area contributed by atoms with Crippen LogP contribution in [0, 0.1) is 13.8 Å². The lowest BCUT2D eigenvalue weighted by atomic mass is 10.0. The van der Waals surface area contributed by atoms with Crippen LogP contribution in [0.1, 0.15) is 29.5 Å². The van der Waals surface area contributed by atoms with E-state index in [0.29, 0.717) is 12.2 Å². The molecule has 2 rings (SSSR count). The monoisotopic (exact) mass is 374 g/mol. The summed E-state index contributed by atoms with van der Waals surface area (Å²) in [6, 6.07) is 15.4. The van der Waals surface area contributed by atoms with Gasteiger partial charge in [0.25, 0.3) is 0 Å². The van der Waals surface area contributed by atoms with Gasteiger partial charge in [0.1, 0.15) is 6.54 Å². The minimum atomic E-state index is -3.57. The van der Waals surface area contributed by atoms with E-state index < -0.39 is 10.0 Å². The molecule has 0 heterocycles. The average Bonchev–Trinajstić information content (AvgIpc) is 2.58. The van der Waals surface area contributed by atoms with E-state index in [1.54, 1.807) is 6.07 Å². The molecule has 0 aliphatic rings. The Morgan fingerprint density at radius 3 is 2.35 bits per heavy atom. The number of anilines is 1. The van der Waals surface area contributed by atoms with Crippen molar-refractivity contribution in [1.82, 2.24) is 5.32 Å². The Kier molecular flexibility index (Phi) is 6.42. The predicted octanol–water partition coefficient (Wildman–Crippen LogP) is 2.99. The van der Waals surface area contributed by atoms with Gasteiger partial charge in [-0.2, -0.15) is 0 Å². The average molecular weight is 375 g/mol. The van der Waals surface area contributed by atoms with E-state index in [4.69, 9.17) is 0 Å². The number of carbonyl (C=O) groups is 1. The molecule has 5 nitrogen and oxygen atoms in total. The molecular weight excluding hydrogens is 348 g/mol. The summed E-state index contributed by atoms with van der Waals surface area (Å²) in [6.07, 6.45) is 1.12. The quantitative estimate of drug-likeness (QED) is 0.810. The molecule has 6 heteroatoms. The van der Waals surface area contributed by atoms with Crippen LogP contribution in [0.4, 0.5) is 5.69 Å². The molecule has 2 aromatic rings. The maximum Gasteiger partial charge on any atom is 0.240 e. The van der Waals surface area contributed by atoms with Gasteiger partial charge in [-0.05, 0) is 37.0 Å². The van der Waals surface area contributed by atoms with E-state index in [-0.39, 0.29) is 18.4 Å². The number of sulfonamides is 1. The zero-order chi connectivity index (χ0) is 19.3. The molecule has 26 heavy (non-hydrogen) atoms. The molecule has 1 N–H and O–H groups in total. The molecule has 0 aromatic heterocycles. The highest BCUT2D eigenvalue weighted by Gasteiger charge is 2.22. The molecule has 1 atom stereocenters. The van der Waals surface area contributed by atoms with Crippen LogP contribution in [0.3, 0.4) is 0 Å². The summed E-state index contributed by atoms with van der Waals surface area (Å²) in [5.74, 6) is -0.175. The number of nitrogens with one attached hydrogen (secondary N) is 1. The highest BCUT2D eigenvalue weighted by Crippen LogP contribution is 2.23. The molecule has 0 fully saturated rings. The Bertz CT molecular complexity index is 864. The van der Waals surface area contributed by atoms with E-state index in [1.165, 1.54) is 0 Å². The Morgan fingerprint density at radius 2 is 1.77 bits per heavy atom. The number of benzene rings is 2. The molecule has 2 aromatic carbocycles. The molecule has 0 aliphatic carbocycles. The summed E-state index contributed by atoms with van der Waals surface area (Å²) in [4.78, 5) is 12.4. The smallest absolute Gasteiger partial charge is 0.240 e. The summed E-state index contributed by atoms with van der Waals surface area (Å²) in [5, 5.41) is 2.84. The Hall–Kier alpha value is -2.34. The van der Waals surface area contributed by atoms with Gasteiger partial charge in [0, 0.05) is 6.54 Å². The van der Waals surface area contributed by atoms with E-state index >= 15 is 0 Å². The lowest BCUT2D eigenvalue weighted by Gasteiger charge is -2.24. The van der Waals surface area contributed by atoms with Crippen molar-refractivity contribution in [2.75, 3.05) is 23.7 Å². The van der Waals surface area contributed by atoms with Crippen LogP contribution < -0.4 is 9.62 Å². The first kappa shape index (κ1) is 20.0. The Morgan fingerprint density at radius 1 is 1.12 bits per heavy atom. The molecule has 0 unspecified atom stereocenters. The zero-order valence-corrected chi connectivity index (χ0v) is 16.5. The van der Waals surface area contributed by atoms with E-state index in [2.05, 4.69) is 5.32 Å². The minimum absolute atomic E-state index is 0.146. The van der Waals surface area contributed by atoms with Gasteiger partial charge in [-0.1, -0.05) is 55.0 Å². The highest BCUT2D eigenvalue weighted by molar-refractivity contribution is 7.92. The summed E-state index contributed by atoms with van der Waals surface area (Å²) in [7, 11) is -3.57. The Balaban J connectivity index is 2.08. The molecule has 1 amide bonds. The lowest BCUT2D eigenvalue weighted by molar-refractivity contribution is -0.119. The van der Waals surface area contributed by atoms with Gasteiger partial charge in [0.2, 0.25) is 15.9 Å². The first-order chi connectivity index (χ1) is 12.2. The van der Waals surface area contributed by atoms with Crippen LogP contribution in [0.25, 0.3) is 0 Å². The van der Waals surface area contributed by atoms with Gasteiger partial charge < -0.3 is 5.32 Å². The second-order valence-electron chi connectivity index (χ2n) is 6.68. The largest absolute Gasteiger partial charge is 0.354 e. The molecule has 0 bridgehead atoms. The molecule has 0 saturated heterocycles. The van der Waals surface area contributed by atoms with Gasteiger partial charge in [-0.3, -0.25) is 9.10 Å². The van der Waals surface area contributed by atoms with Crippen molar-refractivity contribution in [2.24, 2.45) is 0 Å². The fraction of sp³-hybridized carbons (Fsp3) is 0.350. The highest BCUT2D eigenvalue weighted by atomic mass is 32.2. The van der Waals surface area contributed by atoms with Crippen LogP contribution in [-0.2, 0) is 14.8 Å². The SMILES string of the molecule is Cc1ccc(N(CC(=O)NC[C@H](C)c2ccccc2)S(C)(=O)=O)c(C)c1. The van der Waals surface area contributed by atoms with Crippen molar-refractivity contribution in [3.05, 3.63) is 65.2 Å². The van der Waals surface area contributed by atoms with E-state index in [9.17, 15) is 13.2 Å². The number of aryl methyl sites for hydroxylation is 2. The summed E-state index contributed by atoms with van der Waals surface area (Å²) in [5.41, 5.74) is 3.52. The summed E-state index contributed by atoms with van der Waals surface area (Å²) < 4.78 is 25.6. The third-order valence-corrected chi connectivity index (χ3v) is 5.41. The standard InChI is InChI=1S/C20H26N2O3S/c1-15-10-11-19(16(2)12-15)22(26(4,24)25)14-20(23)21-13-17(3)18-8-6-5-7-9-18/h5-12,17H,13-14H2,1-4H3,(H,21,23)/t17-/m0/s1. The van der Waals surface area contributed by atoms with E-state index in [1.807, 2.05) is 63.2 Å². The van der Waals surface area contributed by atoms with Crippen LogP contribution in [-0.4, -0.2) is 33.7 Å². The van der Waals surface area contributed by atoms with Crippen molar-refractivity contribution in [3.8, 4) is 0 Å². The predicted molar refractivity (Wildman–Crippen MR) is 106 cm³/mol. The number of hydrogen-bond acceptors (Lipinski definition) is 3. The number of carbonyl (C=O) groups excluding carboxylic acids is 1. The lowest BCUT2D eigenvalue weighted by Crippen LogP contribution is -2.41. The number of amides is 1. The second kappa shape index (κ2) is 8.36. The van der Waals surface area contributed by atoms with Gasteiger partial charge in [0.15, 0.2) is 0 Å². The zero-order valence-electron chi connectivity index (χ0n) is 15.7. The van der Waals surface area contributed by atoms with Gasteiger partial charge >= 0.3 is 0 Å². The van der Waals surface area contributed by atoms with Crippen molar-refractivity contribution in [2.45, 2.75) is 26.7 Å². The number of rotatable bonds is 7. The maximum absolute atomic E-state index is 12.4. The molecule has 0 aliphatic heterocycles. The van der Waals surface area contributed by atoms with Crippen LogP contribution in [0.15, 0.2) is 48.5 Å².